The number of aromatic nitrogens is 2. The summed E-state index contributed by atoms with van der Waals surface area (Å²) >= 11 is 1.03. The summed E-state index contributed by atoms with van der Waals surface area (Å²) in [5.41, 5.74) is 1.97. The highest BCUT2D eigenvalue weighted by atomic mass is 32.2. The topological polar surface area (TPSA) is 72.0 Å². The highest BCUT2D eigenvalue weighted by Crippen LogP contribution is 2.23. The van der Waals surface area contributed by atoms with E-state index in [1.807, 2.05) is 42.5 Å². The number of aryl methyl sites for hydroxylation is 1. The van der Waals surface area contributed by atoms with E-state index in [0.717, 1.165) is 35.5 Å². The van der Waals surface area contributed by atoms with Crippen LogP contribution >= 0.6 is 11.5 Å². The molecule has 24 heavy (non-hydrogen) atoms. The predicted octanol–water partition coefficient (Wildman–Crippen LogP) is 3.96. The summed E-state index contributed by atoms with van der Waals surface area (Å²) in [4.78, 5) is 4.48. The van der Waals surface area contributed by atoms with E-state index in [0.29, 0.717) is 5.82 Å². The molecule has 1 aromatic heterocycles. The van der Waals surface area contributed by atoms with Crippen molar-refractivity contribution in [3.05, 3.63) is 60.2 Å². The van der Waals surface area contributed by atoms with Gasteiger partial charge in [-0.25, -0.2) is 8.42 Å². The molecule has 0 spiro atoms. The molecule has 0 aliphatic carbocycles. The highest BCUT2D eigenvalue weighted by Gasteiger charge is 2.17. The zero-order valence-corrected chi connectivity index (χ0v) is 14.8. The maximum atomic E-state index is 12.4. The van der Waals surface area contributed by atoms with Crippen molar-refractivity contribution in [1.29, 1.82) is 0 Å². The molecule has 7 heteroatoms. The minimum atomic E-state index is -3.66. The van der Waals surface area contributed by atoms with Crippen LogP contribution in [0.4, 0.5) is 5.13 Å². The third-order valence-electron chi connectivity index (χ3n) is 3.45. The third-order valence-corrected chi connectivity index (χ3v) is 5.57. The van der Waals surface area contributed by atoms with E-state index in [4.69, 9.17) is 0 Å². The molecule has 0 saturated heterocycles. The Morgan fingerprint density at radius 1 is 1.04 bits per heavy atom. The largest absolute Gasteiger partial charge is 0.263 e. The van der Waals surface area contributed by atoms with Crippen LogP contribution < -0.4 is 4.72 Å². The number of hydrogen-bond donors (Lipinski definition) is 1. The molecule has 0 aliphatic rings. The van der Waals surface area contributed by atoms with Crippen molar-refractivity contribution in [2.75, 3.05) is 4.72 Å². The molecule has 0 unspecified atom stereocenters. The number of nitrogens with zero attached hydrogens (tertiary/aromatic N) is 2. The van der Waals surface area contributed by atoms with E-state index >= 15 is 0 Å². The van der Waals surface area contributed by atoms with Crippen molar-refractivity contribution in [3.63, 3.8) is 0 Å². The first-order valence-corrected chi connectivity index (χ1v) is 9.85. The summed E-state index contributed by atoms with van der Waals surface area (Å²) in [6, 6.07) is 16.4. The van der Waals surface area contributed by atoms with Crippen LogP contribution in [-0.4, -0.2) is 17.8 Å². The van der Waals surface area contributed by atoms with Gasteiger partial charge < -0.3 is 0 Å². The highest BCUT2D eigenvalue weighted by molar-refractivity contribution is 7.93. The normalized spacial score (nSPS) is 11.4. The number of benzene rings is 2. The molecule has 0 bridgehead atoms. The van der Waals surface area contributed by atoms with Gasteiger partial charge in [0.2, 0.25) is 5.13 Å². The third kappa shape index (κ3) is 3.80. The maximum absolute atomic E-state index is 12.4. The molecular weight excluding hydrogens is 342 g/mol. The fraction of sp³-hybridized carbons (Fsp3) is 0.176. The molecule has 1 N–H and O–H groups in total. The molecular formula is C17H17N3O2S2. The molecule has 0 atom stereocenters. The second-order valence-electron chi connectivity index (χ2n) is 5.29. The minimum absolute atomic E-state index is 0.221. The Kier molecular flexibility index (Phi) is 4.92. The van der Waals surface area contributed by atoms with E-state index in [1.54, 1.807) is 12.1 Å². The van der Waals surface area contributed by atoms with Crippen LogP contribution in [0.1, 0.15) is 18.9 Å². The van der Waals surface area contributed by atoms with Gasteiger partial charge in [0, 0.05) is 17.1 Å². The van der Waals surface area contributed by atoms with Crippen molar-refractivity contribution >= 4 is 26.7 Å². The van der Waals surface area contributed by atoms with E-state index in [1.165, 1.54) is 0 Å². The molecule has 0 amide bonds. The quantitative estimate of drug-likeness (QED) is 0.723. The molecule has 2 aromatic carbocycles. The number of sulfonamides is 1. The Morgan fingerprint density at radius 3 is 2.42 bits per heavy atom. The molecule has 1 heterocycles. The summed E-state index contributed by atoms with van der Waals surface area (Å²) < 4.78 is 31.6. The van der Waals surface area contributed by atoms with Gasteiger partial charge in [-0.1, -0.05) is 55.8 Å². The number of hydrogen-bond acceptors (Lipinski definition) is 5. The molecule has 3 rings (SSSR count). The molecule has 0 fully saturated rings. The van der Waals surface area contributed by atoms with Crippen LogP contribution in [0.3, 0.4) is 0 Å². The van der Waals surface area contributed by atoms with Crippen LogP contribution in [0.5, 0.6) is 0 Å². The lowest BCUT2D eigenvalue weighted by molar-refractivity contribution is 0.601. The van der Waals surface area contributed by atoms with Crippen LogP contribution in [0, 0.1) is 0 Å². The Balaban J connectivity index is 1.78. The standard InChI is InChI=1S/C17H17N3O2S2/c1-2-6-13-9-11-15(12-10-13)24(21,22)20-17-18-16(19-23-17)14-7-4-3-5-8-14/h3-5,7-12H,2,6H2,1H3,(H,18,19,20). The number of rotatable bonds is 6. The van der Waals surface area contributed by atoms with Gasteiger partial charge in [-0.2, -0.15) is 9.36 Å². The first-order chi connectivity index (χ1) is 11.6. The number of anilines is 1. The van der Waals surface area contributed by atoms with Crippen molar-refractivity contribution in [1.82, 2.24) is 9.36 Å². The van der Waals surface area contributed by atoms with Gasteiger partial charge in [0.15, 0.2) is 5.82 Å². The summed E-state index contributed by atoms with van der Waals surface area (Å²) in [6.45, 7) is 2.09. The zero-order valence-electron chi connectivity index (χ0n) is 13.1. The molecule has 0 aliphatic heterocycles. The lowest BCUT2D eigenvalue weighted by Gasteiger charge is -2.05. The average molecular weight is 359 g/mol. The van der Waals surface area contributed by atoms with Gasteiger partial charge in [-0.3, -0.25) is 4.72 Å². The van der Waals surface area contributed by atoms with Crippen LogP contribution in [-0.2, 0) is 16.4 Å². The molecule has 0 radical (unpaired) electrons. The van der Waals surface area contributed by atoms with Gasteiger partial charge in [0.05, 0.1) is 4.90 Å². The SMILES string of the molecule is CCCc1ccc(S(=O)(=O)Nc2nc(-c3ccccc3)ns2)cc1. The van der Waals surface area contributed by atoms with Gasteiger partial charge in [-0.15, -0.1) is 0 Å². The minimum Gasteiger partial charge on any atom is -0.253 e. The smallest absolute Gasteiger partial charge is 0.253 e. The molecule has 5 nitrogen and oxygen atoms in total. The fourth-order valence-corrected chi connectivity index (χ4v) is 4.08. The first-order valence-electron chi connectivity index (χ1n) is 7.59. The van der Waals surface area contributed by atoms with Gasteiger partial charge in [0.1, 0.15) is 0 Å². The second kappa shape index (κ2) is 7.11. The summed E-state index contributed by atoms with van der Waals surface area (Å²) in [5.74, 6) is 0.511. The van der Waals surface area contributed by atoms with Crippen molar-refractivity contribution in [2.24, 2.45) is 0 Å². The molecule has 3 aromatic rings. The summed E-state index contributed by atoms with van der Waals surface area (Å²) in [6.07, 6.45) is 1.96. The predicted molar refractivity (Wildman–Crippen MR) is 96.6 cm³/mol. The van der Waals surface area contributed by atoms with Crippen LogP contribution in [0.2, 0.25) is 0 Å². The Labute approximate surface area is 145 Å². The average Bonchev–Trinajstić information content (AvgIpc) is 3.04. The Hall–Kier alpha value is -2.25. The molecule has 0 saturated carbocycles. The fourth-order valence-electron chi connectivity index (χ4n) is 2.27. The zero-order chi connectivity index (χ0) is 17.0. The molecule has 124 valence electrons. The van der Waals surface area contributed by atoms with E-state index in [-0.39, 0.29) is 10.0 Å². The van der Waals surface area contributed by atoms with Crippen molar-refractivity contribution in [3.8, 4) is 11.4 Å². The van der Waals surface area contributed by atoms with Gasteiger partial charge in [0.25, 0.3) is 10.0 Å². The maximum Gasteiger partial charge on any atom is 0.263 e. The Morgan fingerprint density at radius 2 is 1.75 bits per heavy atom. The second-order valence-corrected chi connectivity index (χ2v) is 7.72. The summed E-state index contributed by atoms with van der Waals surface area (Å²) in [5, 5.41) is 0.256. The van der Waals surface area contributed by atoms with E-state index in [9.17, 15) is 8.42 Å². The van der Waals surface area contributed by atoms with Crippen molar-refractivity contribution in [2.45, 2.75) is 24.7 Å². The van der Waals surface area contributed by atoms with Gasteiger partial charge in [-0.05, 0) is 24.1 Å². The number of nitrogens with one attached hydrogen (secondary N) is 1. The lowest BCUT2D eigenvalue weighted by Crippen LogP contribution is -2.12. The van der Waals surface area contributed by atoms with Crippen molar-refractivity contribution < 1.29 is 8.42 Å². The lowest BCUT2D eigenvalue weighted by atomic mass is 10.1. The first kappa shape index (κ1) is 16.6. The van der Waals surface area contributed by atoms with E-state index < -0.39 is 10.0 Å². The van der Waals surface area contributed by atoms with Crippen LogP contribution in [0.25, 0.3) is 11.4 Å². The van der Waals surface area contributed by atoms with Crippen LogP contribution in [0.15, 0.2) is 59.5 Å². The van der Waals surface area contributed by atoms with Gasteiger partial charge >= 0.3 is 0 Å². The monoisotopic (exact) mass is 359 g/mol. The van der Waals surface area contributed by atoms with E-state index in [2.05, 4.69) is 21.0 Å². The summed E-state index contributed by atoms with van der Waals surface area (Å²) in [7, 11) is -3.66. The Bertz CT molecular complexity index is 905.